The Morgan fingerprint density at radius 1 is 0.282 bits per heavy atom. The van der Waals surface area contributed by atoms with Crippen molar-refractivity contribution in [2.24, 2.45) is 0 Å². The number of aromatic nitrogens is 8. The molecular weight excluding hydrogens is 1600 g/mol. The Labute approximate surface area is 762 Å². The molecule has 17 aromatic carbocycles. The van der Waals surface area contributed by atoms with E-state index < -0.39 is 5.41 Å². The molecule has 0 spiro atoms. The van der Waals surface area contributed by atoms with E-state index in [9.17, 15) is 5.26 Å². The second-order valence-electron chi connectivity index (χ2n) is 33.8. The third kappa shape index (κ3) is 14.3. The largest absolute Gasteiger partial charge is 0.309 e. The van der Waals surface area contributed by atoms with Crippen molar-refractivity contribution in [1.82, 2.24) is 38.5 Å². The molecule has 0 saturated carbocycles. The third-order valence-electron chi connectivity index (χ3n) is 25.8. The topological polar surface area (TPSA) is 94.7 Å². The molecule has 6 heterocycles. The van der Waals surface area contributed by atoms with Gasteiger partial charge in [0.15, 0.2) is 5.69 Å². The summed E-state index contributed by atoms with van der Waals surface area (Å²) in [6.45, 7) is 21.1. The summed E-state index contributed by atoms with van der Waals surface area (Å²) in [6.07, 6.45) is 0. The second-order valence-corrected chi connectivity index (χ2v) is 33.8. The van der Waals surface area contributed by atoms with E-state index in [0.717, 1.165) is 152 Å². The van der Waals surface area contributed by atoms with Crippen LogP contribution in [0.2, 0.25) is 0 Å². The van der Waals surface area contributed by atoms with Crippen LogP contribution in [0.4, 0.5) is 22.7 Å². The van der Waals surface area contributed by atoms with Crippen LogP contribution in [0, 0.1) is 45.6 Å². The van der Waals surface area contributed by atoms with Crippen molar-refractivity contribution in [2.45, 2.75) is 47.0 Å². The van der Waals surface area contributed by atoms with Crippen LogP contribution in [0.25, 0.3) is 167 Å². The van der Waals surface area contributed by atoms with Crippen molar-refractivity contribution in [3.8, 4) is 124 Å². The SMILES string of the molecule is [C-]#[N+]c1ccc2c(c1)C(C)(C)c1cc(C#N)ccc1N2c1c(C)c(C)c(-c2c(-c3ccccc3)nn(-c3ccccc3)c2-c2ccccc2)c(C)c1C.c1ccc(-c2nn(-c3ccccc3)c(-c3ccccc3)c2-c2ccc(-n3c4ccccc4c4ccccc43)cc2)cc1.c1ccc(-c2nn(-c3ccccc3)c(-c3ccccc3)c2-n2c3ccccc3c3ccccc32)cc1. The standard InChI is InChI=1S/C48H39N5.C39H27N3.C33H23N3/c1-30-32(3)46(52-41-25-23-34(29-49)27-39(41)48(5,6)40-28-37(50-7)24-26-42(40)52)33(4)31(2)43(30)44-45(35-17-11-8-12-18-35)51-53(38-21-15-10-16-22-38)47(44)36-19-13-9-14-20-36;1-4-14-29(15-5-1)38-37(39(30-16-6-2-7-17-30)42(40-38)32-18-8-3-9-19-32)28-24-26-31(27-25-28)41-35-22-12-10-20-33(35)34-21-11-13-23-36(34)41;1-4-14-24(15-5-1)31-33(35-29-22-12-10-20-27(29)28-21-11-13-23-30(28)35)32(25-16-6-2-7-17-25)36(34-31)26-18-8-3-9-19-26/h8-28H,1-6H3;1-27H;1-23H. The normalized spacial score (nSPS) is 11.9. The lowest BCUT2D eigenvalue weighted by Gasteiger charge is -2.43. The molecular formula is C120H89N11. The van der Waals surface area contributed by atoms with Crippen molar-refractivity contribution in [3.05, 3.63) is 481 Å². The predicted octanol–water partition coefficient (Wildman–Crippen LogP) is 30.9. The first kappa shape index (κ1) is 80.8. The number of hydrogen-bond donors (Lipinski definition) is 0. The lowest BCUT2D eigenvalue weighted by molar-refractivity contribution is 0.632. The summed E-state index contributed by atoms with van der Waals surface area (Å²) in [4.78, 5) is 6.17. The molecule has 0 atom stereocenters. The molecule has 1 aliphatic rings. The Bertz CT molecular complexity index is 7920. The van der Waals surface area contributed by atoms with E-state index in [-0.39, 0.29) is 0 Å². The van der Waals surface area contributed by atoms with Crippen molar-refractivity contribution < 1.29 is 0 Å². The van der Waals surface area contributed by atoms with Gasteiger partial charge in [0.25, 0.3) is 0 Å². The lowest BCUT2D eigenvalue weighted by Crippen LogP contribution is -2.31. The number of nitrogens with zero attached hydrogens (tertiary/aromatic N) is 11. The maximum Gasteiger partial charge on any atom is 0.187 e. The quantitative estimate of drug-likeness (QED) is 0.101. The molecule has 0 unspecified atom stereocenters. The fraction of sp³-hybridized carbons (Fsp3) is 0.0583. The van der Waals surface area contributed by atoms with Crippen LogP contribution < -0.4 is 4.90 Å². The Morgan fingerprint density at radius 3 is 1.02 bits per heavy atom. The maximum atomic E-state index is 9.94. The van der Waals surface area contributed by atoms with Crippen LogP contribution in [0.15, 0.2) is 431 Å². The molecule has 22 aromatic rings. The summed E-state index contributed by atoms with van der Waals surface area (Å²) in [5.74, 6) is 0. The van der Waals surface area contributed by atoms with Gasteiger partial charge in [-0.3, -0.25) is 0 Å². The molecule has 0 radical (unpaired) electrons. The van der Waals surface area contributed by atoms with Gasteiger partial charge in [-0.2, -0.15) is 20.6 Å². The minimum atomic E-state index is -0.429. The first-order valence-corrected chi connectivity index (χ1v) is 44.3. The fourth-order valence-corrected chi connectivity index (χ4v) is 19.5. The second kappa shape index (κ2) is 34.3. The number of nitriles is 1. The monoisotopic (exact) mass is 1680 g/mol. The average Bonchev–Trinajstić information content (AvgIpc) is 1.69. The summed E-state index contributed by atoms with van der Waals surface area (Å²) >= 11 is 0. The van der Waals surface area contributed by atoms with E-state index in [1.54, 1.807) is 0 Å². The van der Waals surface area contributed by atoms with E-state index in [1.165, 1.54) is 60.3 Å². The van der Waals surface area contributed by atoms with Gasteiger partial charge < -0.3 is 14.0 Å². The van der Waals surface area contributed by atoms with Crippen molar-refractivity contribution in [1.29, 1.82) is 5.26 Å². The Kier molecular flexibility index (Phi) is 21.1. The molecule has 1 aliphatic heterocycles. The van der Waals surface area contributed by atoms with Gasteiger partial charge in [-0.05, 0) is 169 Å². The Morgan fingerprint density at radius 2 is 0.611 bits per heavy atom. The molecule has 0 N–H and O–H groups in total. The van der Waals surface area contributed by atoms with Gasteiger partial charge in [0.05, 0.1) is 85.8 Å². The van der Waals surface area contributed by atoms with E-state index in [1.807, 2.05) is 48.5 Å². The van der Waals surface area contributed by atoms with E-state index in [2.05, 4.69) is 463 Å². The van der Waals surface area contributed by atoms with Gasteiger partial charge in [-0.1, -0.05) is 347 Å². The molecule has 0 aliphatic carbocycles. The molecule has 0 fully saturated rings. The third-order valence-corrected chi connectivity index (χ3v) is 25.8. The number of para-hydroxylation sites is 7. The van der Waals surface area contributed by atoms with E-state index in [0.29, 0.717) is 11.3 Å². The van der Waals surface area contributed by atoms with Crippen LogP contribution in [-0.4, -0.2) is 38.5 Å². The Hall–Kier alpha value is -17.3. The number of anilines is 3. The van der Waals surface area contributed by atoms with Gasteiger partial charge in [-0.25, -0.2) is 18.9 Å². The van der Waals surface area contributed by atoms with Gasteiger partial charge in [0, 0.05) is 82.8 Å². The first-order chi connectivity index (χ1) is 64.4. The lowest BCUT2D eigenvalue weighted by atomic mass is 9.72. The molecule has 23 rings (SSSR count). The summed E-state index contributed by atoms with van der Waals surface area (Å²) < 4.78 is 11.0. The number of fused-ring (bicyclic) bond motifs is 8. The van der Waals surface area contributed by atoms with Crippen molar-refractivity contribution in [3.63, 3.8) is 0 Å². The molecule has 11 nitrogen and oxygen atoms in total. The zero-order valence-corrected chi connectivity index (χ0v) is 73.4. The molecule has 11 heteroatoms. The summed E-state index contributed by atoms with van der Waals surface area (Å²) in [7, 11) is 0. The number of hydrogen-bond acceptors (Lipinski definition) is 5. The van der Waals surface area contributed by atoms with Crippen molar-refractivity contribution in [2.75, 3.05) is 4.90 Å². The van der Waals surface area contributed by atoms with Crippen LogP contribution >= 0.6 is 0 Å². The molecule has 0 saturated heterocycles. The maximum absolute atomic E-state index is 9.94. The molecule has 0 bridgehead atoms. The van der Waals surface area contributed by atoms with E-state index in [4.69, 9.17) is 21.9 Å². The highest BCUT2D eigenvalue weighted by molar-refractivity contribution is 6.12. The summed E-state index contributed by atoms with van der Waals surface area (Å²) in [5.41, 5.74) is 37.9. The van der Waals surface area contributed by atoms with Crippen LogP contribution in [-0.2, 0) is 5.41 Å². The van der Waals surface area contributed by atoms with Crippen LogP contribution in [0.3, 0.4) is 0 Å². The van der Waals surface area contributed by atoms with E-state index >= 15 is 0 Å². The van der Waals surface area contributed by atoms with Gasteiger partial charge in [-0.15, -0.1) is 0 Å². The number of benzene rings is 17. The zero-order valence-electron chi connectivity index (χ0n) is 73.4. The summed E-state index contributed by atoms with van der Waals surface area (Å²) in [6, 6.07) is 152. The average molecular weight is 1690 g/mol. The van der Waals surface area contributed by atoms with Crippen molar-refractivity contribution >= 4 is 66.4 Å². The van der Waals surface area contributed by atoms with Gasteiger partial charge in [0.1, 0.15) is 22.8 Å². The molecule has 131 heavy (non-hydrogen) atoms. The highest BCUT2D eigenvalue weighted by Gasteiger charge is 2.40. The van der Waals surface area contributed by atoms with Crippen LogP contribution in [0.1, 0.15) is 52.8 Å². The minimum absolute atomic E-state index is 0.429. The minimum Gasteiger partial charge on any atom is -0.309 e. The first-order valence-electron chi connectivity index (χ1n) is 44.3. The summed E-state index contributed by atoms with van der Waals surface area (Å²) in [5, 5.41) is 30.9. The highest BCUT2D eigenvalue weighted by Crippen LogP contribution is 2.57. The van der Waals surface area contributed by atoms with Gasteiger partial charge >= 0.3 is 0 Å². The number of rotatable bonds is 14. The predicted molar refractivity (Wildman–Crippen MR) is 540 cm³/mol. The van der Waals surface area contributed by atoms with Crippen LogP contribution in [0.5, 0.6) is 0 Å². The smallest absolute Gasteiger partial charge is 0.187 e. The molecule has 0 amide bonds. The fourth-order valence-electron chi connectivity index (χ4n) is 19.5. The van der Waals surface area contributed by atoms with Gasteiger partial charge in [0.2, 0.25) is 0 Å². The highest BCUT2D eigenvalue weighted by atomic mass is 15.3. The zero-order chi connectivity index (χ0) is 88.8. The Balaban J connectivity index is 0.000000121. The molecule has 624 valence electrons. The molecule has 5 aromatic heterocycles.